The molecule has 2 saturated heterocycles. The molecule has 0 aromatic heterocycles. The van der Waals surface area contributed by atoms with Gasteiger partial charge >= 0.3 is 5.97 Å². The first-order valence-electron chi connectivity index (χ1n) is 7.57. The van der Waals surface area contributed by atoms with Crippen LogP contribution >= 0.6 is 0 Å². The van der Waals surface area contributed by atoms with E-state index in [2.05, 4.69) is 18.7 Å². The van der Waals surface area contributed by atoms with Crippen molar-refractivity contribution in [1.82, 2.24) is 9.80 Å². The molecule has 0 aromatic carbocycles. The molecule has 0 bridgehead atoms. The van der Waals surface area contributed by atoms with Gasteiger partial charge in [0.1, 0.15) is 0 Å². The monoisotopic (exact) mass is 282 g/mol. The maximum atomic E-state index is 12.0. The number of esters is 1. The van der Waals surface area contributed by atoms with E-state index in [9.17, 15) is 9.59 Å². The second-order valence-corrected chi connectivity index (χ2v) is 6.53. The lowest BCUT2D eigenvalue weighted by Gasteiger charge is -2.22. The number of nitrogens with zero attached hydrogens (tertiary/aromatic N) is 2. The van der Waals surface area contributed by atoms with Crippen molar-refractivity contribution in [2.75, 3.05) is 39.8 Å². The van der Waals surface area contributed by atoms with Crippen LogP contribution < -0.4 is 0 Å². The molecule has 5 heteroatoms. The second kappa shape index (κ2) is 6.57. The molecule has 2 atom stereocenters. The standard InChI is InChI=1S/C15H26N2O3/c1-11(2)7-16-5-4-12(8-16)9-17-10-13(6-14(17)18)15(19)20-3/h11-13H,4-10H2,1-3H3. The lowest BCUT2D eigenvalue weighted by Crippen LogP contribution is -2.33. The molecule has 0 aromatic rings. The lowest BCUT2D eigenvalue weighted by atomic mass is 10.1. The molecule has 0 N–H and O–H groups in total. The summed E-state index contributed by atoms with van der Waals surface area (Å²) < 4.78 is 4.74. The van der Waals surface area contributed by atoms with Crippen LogP contribution in [-0.2, 0) is 14.3 Å². The van der Waals surface area contributed by atoms with E-state index in [0.717, 1.165) is 32.6 Å². The summed E-state index contributed by atoms with van der Waals surface area (Å²) in [4.78, 5) is 27.8. The molecule has 0 aliphatic carbocycles. The number of amides is 1. The van der Waals surface area contributed by atoms with Gasteiger partial charge in [-0.2, -0.15) is 0 Å². The summed E-state index contributed by atoms with van der Waals surface area (Å²) in [6, 6.07) is 0. The van der Waals surface area contributed by atoms with Gasteiger partial charge in [0.15, 0.2) is 0 Å². The average molecular weight is 282 g/mol. The first-order chi connectivity index (χ1) is 9.49. The van der Waals surface area contributed by atoms with E-state index in [4.69, 9.17) is 4.74 Å². The summed E-state index contributed by atoms with van der Waals surface area (Å²) in [6.45, 7) is 9.13. The fourth-order valence-corrected chi connectivity index (χ4v) is 3.33. The highest BCUT2D eigenvalue weighted by molar-refractivity contribution is 5.86. The zero-order valence-electron chi connectivity index (χ0n) is 12.8. The van der Waals surface area contributed by atoms with Gasteiger partial charge in [-0.1, -0.05) is 13.8 Å². The van der Waals surface area contributed by atoms with Crippen molar-refractivity contribution in [2.45, 2.75) is 26.7 Å². The normalized spacial score (nSPS) is 27.6. The fraction of sp³-hybridized carbons (Fsp3) is 0.867. The molecule has 1 amide bonds. The molecule has 2 aliphatic rings. The van der Waals surface area contributed by atoms with E-state index in [1.165, 1.54) is 7.11 Å². The first kappa shape index (κ1) is 15.3. The number of carbonyl (C=O) groups excluding carboxylic acids is 2. The Morgan fingerprint density at radius 3 is 2.80 bits per heavy atom. The summed E-state index contributed by atoms with van der Waals surface area (Å²) in [5, 5.41) is 0. The SMILES string of the molecule is COC(=O)C1CC(=O)N(CC2CCN(CC(C)C)C2)C1. The number of methoxy groups -OCH3 is 1. The number of likely N-dealkylation sites (tertiary alicyclic amines) is 2. The van der Waals surface area contributed by atoms with Gasteiger partial charge in [0.2, 0.25) is 5.91 Å². The molecule has 2 heterocycles. The maximum absolute atomic E-state index is 12.0. The molecule has 5 nitrogen and oxygen atoms in total. The Balaban J connectivity index is 1.80. The van der Waals surface area contributed by atoms with Crippen molar-refractivity contribution in [1.29, 1.82) is 0 Å². The van der Waals surface area contributed by atoms with Crippen LogP contribution in [0.5, 0.6) is 0 Å². The molecule has 20 heavy (non-hydrogen) atoms. The molecule has 2 rings (SSSR count). The zero-order chi connectivity index (χ0) is 14.7. The minimum absolute atomic E-state index is 0.0997. The highest BCUT2D eigenvalue weighted by atomic mass is 16.5. The minimum atomic E-state index is -0.263. The molecular weight excluding hydrogens is 256 g/mol. The summed E-state index contributed by atoms with van der Waals surface area (Å²) >= 11 is 0. The highest BCUT2D eigenvalue weighted by Gasteiger charge is 2.36. The van der Waals surface area contributed by atoms with Crippen molar-refractivity contribution < 1.29 is 14.3 Å². The van der Waals surface area contributed by atoms with Gasteiger partial charge in [0.05, 0.1) is 13.0 Å². The third-order valence-electron chi connectivity index (χ3n) is 4.22. The molecule has 2 aliphatic heterocycles. The van der Waals surface area contributed by atoms with Gasteiger partial charge in [-0.3, -0.25) is 9.59 Å². The number of hydrogen-bond acceptors (Lipinski definition) is 4. The van der Waals surface area contributed by atoms with Crippen LogP contribution in [0.2, 0.25) is 0 Å². The first-order valence-corrected chi connectivity index (χ1v) is 7.57. The number of ether oxygens (including phenoxy) is 1. The average Bonchev–Trinajstić information content (AvgIpc) is 2.96. The third kappa shape index (κ3) is 3.72. The molecule has 0 spiro atoms. The maximum Gasteiger partial charge on any atom is 0.310 e. The van der Waals surface area contributed by atoms with Crippen LogP contribution in [-0.4, -0.2) is 61.5 Å². The summed E-state index contributed by atoms with van der Waals surface area (Å²) in [5.74, 6) is 0.817. The Bertz CT molecular complexity index is 370. The van der Waals surface area contributed by atoms with E-state index in [1.54, 1.807) is 0 Å². The fourth-order valence-electron chi connectivity index (χ4n) is 3.33. The summed E-state index contributed by atoms with van der Waals surface area (Å²) in [5.41, 5.74) is 0. The molecule has 2 fully saturated rings. The van der Waals surface area contributed by atoms with Crippen molar-refractivity contribution in [3.8, 4) is 0 Å². The van der Waals surface area contributed by atoms with Gasteiger partial charge in [0, 0.05) is 32.6 Å². The van der Waals surface area contributed by atoms with Gasteiger partial charge in [-0.25, -0.2) is 0 Å². The molecule has 0 radical (unpaired) electrons. The molecular formula is C15H26N2O3. The van der Waals surface area contributed by atoms with Gasteiger partial charge in [0.25, 0.3) is 0 Å². The zero-order valence-corrected chi connectivity index (χ0v) is 12.8. The summed E-state index contributed by atoms with van der Waals surface area (Å²) in [6.07, 6.45) is 1.47. The van der Waals surface area contributed by atoms with Crippen LogP contribution in [0.25, 0.3) is 0 Å². The highest BCUT2D eigenvalue weighted by Crippen LogP contribution is 2.24. The largest absolute Gasteiger partial charge is 0.469 e. The van der Waals surface area contributed by atoms with Gasteiger partial charge in [-0.05, 0) is 24.8 Å². The predicted octanol–water partition coefficient (Wildman–Crippen LogP) is 0.986. The van der Waals surface area contributed by atoms with Crippen molar-refractivity contribution >= 4 is 11.9 Å². The van der Waals surface area contributed by atoms with E-state index in [1.807, 2.05) is 4.90 Å². The van der Waals surface area contributed by atoms with Crippen LogP contribution in [0.4, 0.5) is 0 Å². The van der Waals surface area contributed by atoms with E-state index in [0.29, 0.717) is 24.8 Å². The van der Waals surface area contributed by atoms with E-state index >= 15 is 0 Å². The molecule has 114 valence electrons. The Labute approximate surface area is 121 Å². The smallest absolute Gasteiger partial charge is 0.310 e. The number of rotatable bonds is 5. The van der Waals surface area contributed by atoms with Crippen LogP contribution in [0.3, 0.4) is 0 Å². The lowest BCUT2D eigenvalue weighted by molar-refractivity contribution is -0.145. The topological polar surface area (TPSA) is 49.9 Å². The summed E-state index contributed by atoms with van der Waals surface area (Å²) in [7, 11) is 1.39. The Morgan fingerprint density at radius 1 is 1.40 bits per heavy atom. The number of hydrogen-bond donors (Lipinski definition) is 0. The van der Waals surface area contributed by atoms with Crippen LogP contribution in [0.1, 0.15) is 26.7 Å². The van der Waals surface area contributed by atoms with Gasteiger partial charge < -0.3 is 14.5 Å². The molecule has 2 unspecified atom stereocenters. The minimum Gasteiger partial charge on any atom is -0.469 e. The Morgan fingerprint density at radius 2 is 2.15 bits per heavy atom. The van der Waals surface area contributed by atoms with E-state index in [-0.39, 0.29) is 17.8 Å². The van der Waals surface area contributed by atoms with Crippen LogP contribution in [0.15, 0.2) is 0 Å². The van der Waals surface area contributed by atoms with Gasteiger partial charge in [-0.15, -0.1) is 0 Å². The predicted molar refractivity (Wildman–Crippen MR) is 76.1 cm³/mol. The quantitative estimate of drug-likeness (QED) is 0.706. The van der Waals surface area contributed by atoms with E-state index < -0.39 is 0 Å². The Hall–Kier alpha value is -1.10. The second-order valence-electron chi connectivity index (χ2n) is 6.53. The van der Waals surface area contributed by atoms with Crippen molar-refractivity contribution in [3.63, 3.8) is 0 Å². The van der Waals surface area contributed by atoms with Crippen molar-refractivity contribution in [3.05, 3.63) is 0 Å². The number of carbonyl (C=O) groups is 2. The third-order valence-corrected chi connectivity index (χ3v) is 4.22. The Kier molecular flexibility index (Phi) is 5.02. The molecule has 0 saturated carbocycles. The van der Waals surface area contributed by atoms with Crippen molar-refractivity contribution in [2.24, 2.45) is 17.8 Å². The van der Waals surface area contributed by atoms with Crippen LogP contribution in [0, 0.1) is 17.8 Å².